The van der Waals surface area contributed by atoms with Crippen molar-refractivity contribution in [2.24, 2.45) is 0 Å². The maximum absolute atomic E-state index is 14.0. The summed E-state index contributed by atoms with van der Waals surface area (Å²) in [6, 6.07) is 21.1. The Morgan fingerprint density at radius 3 is 2.35 bits per heavy atom. The maximum atomic E-state index is 14.0. The van der Waals surface area contributed by atoms with E-state index in [1.54, 1.807) is 11.1 Å². The van der Waals surface area contributed by atoms with Crippen molar-refractivity contribution in [2.45, 2.75) is 70.2 Å². The van der Waals surface area contributed by atoms with Crippen LogP contribution in [-0.2, 0) is 9.53 Å². The third-order valence-corrected chi connectivity index (χ3v) is 9.97. The molecular formula is C40H44N8O4. The third kappa shape index (κ3) is 6.32. The molecule has 3 aromatic carbocycles. The summed E-state index contributed by atoms with van der Waals surface area (Å²) in [7, 11) is 3.89. The molecule has 2 aliphatic rings. The van der Waals surface area contributed by atoms with E-state index < -0.39 is 5.60 Å². The Labute approximate surface area is 302 Å². The van der Waals surface area contributed by atoms with Crippen molar-refractivity contribution in [1.29, 1.82) is 0 Å². The van der Waals surface area contributed by atoms with Crippen molar-refractivity contribution in [2.75, 3.05) is 27.2 Å². The van der Waals surface area contributed by atoms with Crippen LogP contribution >= 0.6 is 0 Å². The number of amides is 2. The van der Waals surface area contributed by atoms with Crippen LogP contribution in [0.15, 0.2) is 77.3 Å². The molecule has 2 aliphatic heterocycles. The van der Waals surface area contributed by atoms with Crippen molar-refractivity contribution in [3.8, 4) is 22.8 Å². The molecule has 2 N–H and O–H groups in total. The fourth-order valence-corrected chi connectivity index (χ4v) is 7.61. The number of aromatic amines is 2. The number of nitrogens with one attached hydrogen (secondary N) is 2. The fourth-order valence-electron chi connectivity index (χ4n) is 7.61. The van der Waals surface area contributed by atoms with Crippen LogP contribution in [0.1, 0.15) is 81.8 Å². The largest absolute Gasteiger partial charge is 0.444 e. The van der Waals surface area contributed by atoms with E-state index in [-0.39, 0.29) is 30.1 Å². The van der Waals surface area contributed by atoms with Gasteiger partial charge in [0.15, 0.2) is 5.76 Å². The first kappa shape index (κ1) is 33.6. The van der Waals surface area contributed by atoms with E-state index in [1.807, 2.05) is 111 Å². The smallest absolute Gasteiger partial charge is 0.410 e. The number of imidazole rings is 2. The van der Waals surface area contributed by atoms with Crippen molar-refractivity contribution in [3.05, 3.63) is 90.1 Å². The molecular weight excluding hydrogens is 656 g/mol. The lowest BCUT2D eigenvalue weighted by molar-refractivity contribution is -0.137. The summed E-state index contributed by atoms with van der Waals surface area (Å²) in [5, 5.41) is 0. The minimum atomic E-state index is -0.575. The van der Waals surface area contributed by atoms with Crippen LogP contribution in [0.3, 0.4) is 0 Å². The highest BCUT2D eigenvalue weighted by Gasteiger charge is 2.38. The average Bonchev–Trinajstić information content (AvgIpc) is 3.96. The van der Waals surface area contributed by atoms with Crippen molar-refractivity contribution in [3.63, 3.8) is 0 Å². The second-order valence-electron chi connectivity index (χ2n) is 15.0. The Balaban J connectivity index is 1.04. The molecule has 0 spiro atoms. The van der Waals surface area contributed by atoms with Gasteiger partial charge in [0.1, 0.15) is 28.8 Å². The average molecular weight is 701 g/mol. The first-order valence-corrected chi connectivity index (χ1v) is 18.0. The van der Waals surface area contributed by atoms with E-state index in [0.717, 1.165) is 76.1 Å². The number of fused-ring (bicyclic) bond motifs is 2. The zero-order valence-electron chi connectivity index (χ0n) is 30.2. The molecule has 0 radical (unpaired) electrons. The Bertz CT molecular complexity index is 2250. The number of likely N-dealkylation sites (N-methyl/N-ethyl adjacent to an activating group) is 1. The molecule has 2 amide bonds. The predicted molar refractivity (Wildman–Crippen MR) is 198 cm³/mol. The van der Waals surface area contributed by atoms with Gasteiger partial charge in [-0.25, -0.2) is 19.7 Å². The molecule has 52 heavy (non-hydrogen) atoms. The topological polar surface area (TPSA) is 136 Å². The summed E-state index contributed by atoms with van der Waals surface area (Å²) in [5.41, 5.74) is 5.26. The van der Waals surface area contributed by atoms with E-state index in [4.69, 9.17) is 19.1 Å². The van der Waals surface area contributed by atoms with Crippen LogP contribution < -0.4 is 0 Å². The van der Waals surface area contributed by atoms with Gasteiger partial charge in [-0.15, -0.1) is 0 Å². The molecule has 0 saturated carbocycles. The Hall–Kier alpha value is -5.49. The van der Waals surface area contributed by atoms with Gasteiger partial charge in [0, 0.05) is 18.7 Å². The van der Waals surface area contributed by atoms with Gasteiger partial charge in [0.2, 0.25) is 11.8 Å². The molecule has 5 heterocycles. The van der Waals surface area contributed by atoms with Gasteiger partial charge in [-0.2, -0.15) is 0 Å². The molecule has 0 aliphatic carbocycles. The monoisotopic (exact) mass is 700 g/mol. The molecule has 2 fully saturated rings. The molecule has 6 aromatic rings. The van der Waals surface area contributed by atoms with E-state index in [2.05, 4.69) is 15.0 Å². The van der Waals surface area contributed by atoms with Gasteiger partial charge < -0.3 is 24.0 Å². The lowest BCUT2D eigenvalue weighted by atomic mass is 10.0. The van der Waals surface area contributed by atoms with Gasteiger partial charge in [0.25, 0.3) is 0 Å². The number of carbonyl (C=O) groups is 2. The van der Waals surface area contributed by atoms with Gasteiger partial charge in [-0.3, -0.25) is 14.6 Å². The number of hydrogen-bond donors (Lipinski definition) is 2. The SMILES string of the molecule is CN(C)[C@@H](C(=O)N1CCC[C@H]1c1nc2cc(-c3cnc(-c4cccc5[nH]c([C@@H]6CCCN6C(=O)OC(C)(C)C)nc45)o3)ccc2[nH]1)c1ccccc1. The van der Waals surface area contributed by atoms with Crippen LogP contribution in [0.5, 0.6) is 0 Å². The van der Waals surface area contributed by atoms with E-state index in [1.165, 1.54) is 0 Å². The summed E-state index contributed by atoms with van der Waals surface area (Å²) < 4.78 is 12.0. The van der Waals surface area contributed by atoms with Gasteiger partial charge in [-0.1, -0.05) is 36.4 Å². The third-order valence-electron chi connectivity index (χ3n) is 9.97. The van der Waals surface area contributed by atoms with E-state index in [0.29, 0.717) is 24.7 Å². The maximum Gasteiger partial charge on any atom is 0.410 e. The number of oxazole rings is 1. The molecule has 12 heteroatoms. The standard InChI is InChI=1S/C40H44N8O4/c1-40(2,3)52-39(50)48-21-11-17-31(48)36-43-28-15-9-14-26(33(28)45-36)37-41-23-32(51-37)25-18-19-27-29(22-25)44-35(42-27)30-16-10-20-47(30)38(49)34(46(4)5)24-12-7-6-8-13-24/h6-9,12-15,18-19,22-23,30-31,34H,10-11,16-17,20-21H2,1-5H3,(H,42,44)(H,43,45)/t30-,31-,34+/m0/s1. The number of likely N-dealkylation sites (tertiary alicyclic amines) is 2. The van der Waals surface area contributed by atoms with Crippen molar-refractivity contribution < 1.29 is 18.7 Å². The highest BCUT2D eigenvalue weighted by molar-refractivity contribution is 5.90. The van der Waals surface area contributed by atoms with Crippen LogP contribution in [0, 0.1) is 0 Å². The number of hydrogen-bond acceptors (Lipinski definition) is 8. The molecule has 0 bridgehead atoms. The van der Waals surface area contributed by atoms with Crippen LogP contribution in [0.2, 0.25) is 0 Å². The molecule has 8 rings (SSSR count). The number of benzene rings is 3. The lowest BCUT2D eigenvalue weighted by Gasteiger charge is -2.31. The highest BCUT2D eigenvalue weighted by Crippen LogP contribution is 2.38. The van der Waals surface area contributed by atoms with Crippen LogP contribution in [-0.4, -0.2) is 84.4 Å². The second kappa shape index (κ2) is 13.2. The van der Waals surface area contributed by atoms with Crippen LogP contribution in [0.25, 0.3) is 44.8 Å². The van der Waals surface area contributed by atoms with Crippen LogP contribution in [0.4, 0.5) is 4.79 Å². The minimum absolute atomic E-state index is 0.0803. The number of para-hydroxylation sites is 1. The molecule has 3 aromatic heterocycles. The Morgan fingerprint density at radius 2 is 1.60 bits per heavy atom. The summed E-state index contributed by atoms with van der Waals surface area (Å²) in [5.74, 6) is 2.64. The molecule has 3 atom stereocenters. The molecule has 268 valence electrons. The van der Waals surface area contributed by atoms with Crippen molar-refractivity contribution >= 4 is 34.1 Å². The minimum Gasteiger partial charge on any atom is -0.444 e. The van der Waals surface area contributed by atoms with Gasteiger partial charge >= 0.3 is 6.09 Å². The first-order valence-electron chi connectivity index (χ1n) is 18.0. The van der Waals surface area contributed by atoms with E-state index >= 15 is 0 Å². The van der Waals surface area contributed by atoms with E-state index in [9.17, 15) is 9.59 Å². The molecule has 2 saturated heterocycles. The quantitative estimate of drug-likeness (QED) is 0.172. The molecule has 12 nitrogen and oxygen atoms in total. The molecule has 0 unspecified atom stereocenters. The normalized spacial score (nSPS) is 18.6. The number of nitrogens with zero attached hydrogens (tertiary/aromatic N) is 6. The number of carbonyl (C=O) groups excluding carboxylic acids is 2. The van der Waals surface area contributed by atoms with Crippen molar-refractivity contribution in [1.82, 2.24) is 39.6 Å². The first-order chi connectivity index (χ1) is 25.0. The predicted octanol–water partition coefficient (Wildman–Crippen LogP) is 7.80. The number of rotatable bonds is 7. The second-order valence-corrected chi connectivity index (χ2v) is 15.0. The zero-order chi connectivity index (χ0) is 36.1. The zero-order valence-corrected chi connectivity index (χ0v) is 30.2. The summed E-state index contributed by atoms with van der Waals surface area (Å²) in [6.07, 6.45) is 4.83. The number of aromatic nitrogens is 5. The van der Waals surface area contributed by atoms with Gasteiger partial charge in [-0.05, 0) is 96.4 Å². The summed E-state index contributed by atoms with van der Waals surface area (Å²) in [4.78, 5) is 54.2. The number of H-pyrrole nitrogens is 2. The number of ether oxygens (including phenoxy) is 1. The Kier molecular flexibility index (Phi) is 8.57. The fraction of sp³-hybridized carbons (Fsp3) is 0.375. The highest BCUT2D eigenvalue weighted by atomic mass is 16.6. The summed E-state index contributed by atoms with van der Waals surface area (Å²) >= 11 is 0. The Morgan fingerprint density at radius 1 is 0.885 bits per heavy atom. The summed E-state index contributed by atoms with van der Waals surface area (Å²) in [6.45, 7) is 6.94. The lowest BCUT2D eigenvalue weighted by Crippen LogP contribution is -2.40. The van der Waals surface area contributed by atoms with Gasteiger partial charge in [0.05, 0.1) is 40.4 Å².